The minimum absolute atomic E-state index is 0.568. The van der Waals surface area contributed by atoms with E-state index in [1.165, 1.54) is 0 Å². The van der Waals surface area contributed by atoms with Gasteiger partial charge in [0.25, 0.3) is 0 Å². The zero-order chi connectivity index (χ0) is 16.5. The molecule has 0 saturated carbocycles. The highest BCUT2D eigenvalue weighted by Gasteiger charge is 2.02. The third-order valence-corrected chi connectivity index (χ3v) is 3.24. The van der Waals surface area contributed by atoms with Crippen LogP contribution in [0.2, 0.25) is 0 Å². The van der Waals surface area contributed by atoms with Crippen LogP contribution >= 0.6 is 0 Å². The average molecular weight is 316 g/mol. The molecule has 2 N–H and O–H groups in total. The summed E-state index contributed by atoms with van der Waals surface area (Å²) in [6, 6.07) is 4.01. The predicted molar refractivity (Wildman–Crippen MR) is 90.8 cm³/mol. The SMILES string of the molecule is CCNC(=NCc1ccc(-n2ccnc2C)nc1)NCCOC. The van der Waals surface area contributed by atoms with Crippen molar-refractivity contribution in [2.75, 3.05) is 26.8 Å². The van der Waals surface area contributed by atoms with Crippen molar-refractivity contribution in [3.63, 3.8) is 0 Å². The Morgan fingerprint density at radius 3 is 2.78 bits per heavy atom. The molecule has 0 saturated heterocycles. The predicted octanol–water partition coefficient (Wildman–Crippen LogP) is 1.28. The molecule has 23 heavy (non-hydrogen) atoms. The van der Waals surface area contributed by atoms with E-state index in [1.807, 2.05) is 42.9 Å². The Morgan fingerprint density at radius 1 is 1.30 bits per heavy atom. The van der Waals surface area contributed by atoms with Gasteiger partial charge in [-0.2, -0.15) is 0 Å². The topological polar surface area (TPSA) is 76.4 Å². The van der Waals surface area contributed by atoms with Gasteiger partial charge >= 0.3 is 0 Å². The molecule has 0 aliphatic rings. The smallest absolute Gasteiger partial charge is 0.191 e. The molecule has 0 fully saturated rings. The first-order valence-corrected chi connectivity index (χ1v) is 7.71. The van der Waals surface area contributed by atoms with E-state index in [-0.39, 0.29) is 0 Å². The summed E-state index contributed by atoms with van der Waals surface area (Å²) >= 11 is 0. The van der Waals surface area contributed by atoms with E-state index in [9.17, 15) is 0 Å². The maximum atomic E-state index is 5.03. The van der Waals surface area contributed by atoms with Crippen molar-refractivity contribution in [1.29, 1.82) is 0 Å². The molecule has 0 atom stereocenters. The molecule has 2 rings (SSSR count). The van der Waals surface area contributed by atoms with Crippen LogP contribution in [-0.4, -0.2) is 47.3 Å². The number of ether oxygens (including phenoxy) is 1. The average Bonchev–Trinajstić information content (AvgIpc) is 2.99. The fourth-order valence-corrected chi connectivity index (χ4v) is 2.06. The van der Waals surface area contributed by atoms with E-state index < -0.39 is 0 Å². The molecule has 0 aliphatic heterocycles. The first kappa shape index (κ1) is 17.0. The van der Waals surface area contributed by atoms with Crippen LogP contribution in [0.3, 0.4) is 0 Å². The fraction of sp³-hybridized carbons (Fsp3) is 0.438. The van der Waals surface area contributed by atoms with Crippen molar-refractivity contribution in [3.8, 4) is 5.82 Å². The van der Waals surface area contributed by atoms with Gasteiger partial charge < -0.3 is 15.4 Å². The van der Waals surface area contributed by atoms with Crippen LogP contribution < -0.4 is 10.6 Å². The van der Waals surface area contributed by atoms with E-state index in [0.717, 1.165) is 36.3 Å². The second kappa shape index (κ2) is 8.89. The molecule has 2 aromatic rings. The summed E-state index contributed by atoms with van der Waals surface area (Å²) in [4.78, 5) is 13.2. The molecule has 2 heterocycles. The summed E-state index contributed by atoms with van der Waals surface area (Å²) in [6.45, 7) is 6.74. The molecule has 0 aromatic carbocycles. The van der Waals surface area contributed by atoms with Crippen LogP contribution in [0.15, 0.2) is 35.7 Å². The van der Waals surface area contributed by atoms with Gasteiger partial charge in [-0.3, -0.25) is 4.57 Å². The molecule has 7 heteroatoms. The first-order valence-electron chi connectivity index (χ1n) is 7.71. The van der Waals surface area contributed by atoms with Gasteiger partial charge in [-0.25, -0.2) is 15.0 Å². The van der Waals surface area contributed by atoms with Gasteiger partial charge in [0.15, 0.2) is 5.96 Å². The quantitative estimate of drug-likeness (QED) is 0.457. The fourth-order valence-electron chi connectivity index (χ4n) is 2.06. The van der Waals surface area contributed by atoms with Gasteiger partial charge in [0.1, 0.15) is 11.6 Å². The molecule has 7 nitrogen and oxygen atoms in total. The zero-order valence-corrected chi connectivity index (χ0v) is 13.9. The Hall–Kier alpha value is -2.41. The normalized spacial score (nSPS) is 11.5. The summed E-state index contributed by atoms with van der Waals surface area (Å²) in [5.41, 5.74) is 1.05. The molecular weight excluding hydrogens is 292 g/mol. The molecule has 0 amide bonds. The summed E-state index contributed by atoms with van der Waals surface area (Å²) in [5, 5.41) is 6.42. The lowest BCUT2D eigenvalue weighted by molar-refractivity contribution is 0.203. The van der Waals surface area contributed by atoms with Crippen molar-refractivity contribution >= 4 is 5.96 Å². The lowest BCUT2D eigenvalue weighted by atomic mass is 10.3. The Balaban J connectivity index is 1.98. The Morgan fingerprint density at radius 2 is 2.17 bits per heavy atom. The highest BCUT2D eigenvalue weighted by molar-refractivity contribution is 5.79. The molecule has 0 spiro atoms. The number of aromatic nitrogens is 3. The number of aliphatic imine (C=N–C) groups is 1. The van der Waals surface area contributed by atoms with Crippen molar-refractivity contribution in [2.24, 2.45) is 4.99 Å². The van der Waals surface area contributed by atoms with Gasteiger partial charge in [0, 0.05) is 38.8 Å². The number of imidazole rings is 1. The molecule has 0 radical (unpaired) electrons. The van der Waals surface area contributed by atoms with E-state index in [2.05, 4.69) is 25.6 Å². The van der Waals surface area contributed by atoms with Crippen molar-refractivity contribution in [1.82, 2.24) is 25.2 Å². The summed E-state index contributed by atoms with van der Waals surface area (Å²) in [6.07, 6.45) is 5.51. The first-order chi connectivity index (χ1) is 11.2. The van der Waals surface area contributed by atoms with E-state index in [1.54, 1.807) is 13.3 Å². The minimum atomic E-state index is 0.568. The second-order valence-electron chi connectivity index (χ2n) is 4.98. The lowest BCUT2D eigenvalue weighted by Crippen LogP contribution is -2.38. The van der Waals surface area contributed by atoms with Gasteiger partial charge in [-0.15, -0.1) is 0 Å². The van der Waals surface area contributed by atoms with Gasteiger partial charge in [-0.05, 0) is 25.5 Å². The van der Waals surface area contributed by atoms with Gasteiger partial charge in [0.2, 0.25) is 0 Å². The van der Waals surface area contributed by atoms with Crippen LogP contribution in [0.25, 0.3) is 5.82 Å². The largest absolute Gasteiger partial charge is 0.383 e. The number of nitrogens with one attached hydrogen (secondary N) is 2. The maximum Gasteiger partial charge on any atom is 0.191 e. The monoisotopic (exact) mass is 316 g/mol. The van der Waals surface area contributed by atoms with Crippen molar-refractivity contribution in [3.05, 3.63) is 42.1 Å². The Labute approximate surface area is 136 Å². The number of rotatable bonds is 7. The van der Waals surface area contributed by atoms with E-state index >= 15 is 0 Å². The van der Waals surface area contributed by atoms with Crippen molar-refractivity contribution < 1.29 is 4.74 Å². The molecule has 0 unspecified atom stereocenters. The van der Waals surface area contributed by atoms with Crippen molar-refractivity contribution in [2.45, 2.75) is 20.4 Å². The number of hydrogen-bond acceptors (Lipinski definition) is 4. The summed E-state index contributed by atoms with van der Waals surface area (Å²) in [5.74, 6) is 2.55. The number of guanidine groups is 1. The standard InChI is InChI=1S/C16H24N6O/c1-4-17-16(19-8-10-23-3)21-12-14-5-6-15(20-11-14)22-9-7-18-13(22)2/h5-7,9,11H,4,8,10,12H2,1-3H3,(H2,17,19,21). The Kier molecular flexibility index (Phi) is 6.56. The lowest BCUT2D eigenvalue weighted by Gasteiger charge is -2.10. The molecule has 0 bridgehead atoms. The molecular formula is C16H24N6O. The highest BCUT2D eigenvalue weighted by atomic mass is 16.5. The third kappa shape index (κ3) is 5.07. The van der Waals surface area contributed by atoms with Crippen LogP contribution in [0.1, 0.15) is 18.3 Å². The number of hydrogen-bond donors (Lipinski definition) is 2. The number of nitrogens with zero attached hydrogens (tertiary/aromatic N) is 4. The van der Waals surface area contributed by atoms with E-state index in [4.69, 9.17) is 4.74 Å². The number of aryl methyl sites for hydroxylation is 1. The Bertz CT molecular complexity index is 620. The zero-order valence-electron chi connectivity index (χ0n) is 13.9. The van der Waals surface area contributed by atoms with Crippen LogP contribution in [0, 0.1) is 6.92 Å². The van der Waals surface area contributed by atoms with Gasteiger partial charge in [0.05, 0.1) is 13.2 Å². The number of methoxy groups -OCH3 is 1. The van der Waals surface area contributed by atoms with Gasteiger partial charge in [-0.1, -0.05) is 6.07 Å². The molecule has 0 aliphatic carbocycles. The summed E-state index contributed by atoms with van der Waals surface area (Å²) < 4.78 is 6.98. The molecule has 124 valence electrons. The van der Waals surface area contributed by atoms with Crippen LogP contribution in [0.5, 0.6) is 0 Å². The highest BCUT2D eigenvalue weighted by Crippen LogP contribution is 2.08. The maximum absolute atomic E-state index is 5.03. The third-order valence-electron chi connectivity index (χ3n) is 3.24. The van der Waals surface area contributed by atoms with E-state index in [0.29, 0.717) is 13.2 Å². The number of pyridine rings is 1. The molecule has 2 aromatic heterocycles. The second-order valence-corrected chi connectivity index (χ2v) is 4.98. The summed E-state index contributed by atoms with van der Waals surface area (Å²) in [7, 11) is 1.68. The van der Waals surface area contributed by atoms with Crippen LogP contribution in [0.4, 0.5) is 0 Å². The minimum Gasteiger partial charge on any atom is -0.383 e. The van der Waals surface area contributed by atoms with Crippen LogP contribution in [-0.2, 0) is 11.3 Å².